The fourth-order valence-corrected chi connectivity index (χ4v) is 14.6. The van der Waals surface area contributed by atoms with E-state index in [1.54, 1.807) is 0 Å². The van der Waals surface area contributed by atoms with Gasteiger partial charge in [-0.2, -0.15) is 0 Å². The summed E-state index contributed by atoms with van der Waals surface area (Å²) >= 11 is 0. The molecule has 214 valence electrons. The third-order valence-corrected chi connectivity index (χ3v) is 21.1. The molecule has 0 saturated heterocycles. The molecule has 3 unspecified atom stereocenters. The first-order valence-electron chi connectivity index (χ1n) is 15.9. The van der Waals surface area contributed by atoms with E-state index >= 15 is 0 Å². The van der Waals surface area contributed by atoms with E-state index < -0.39 is 16.6 Å². The van der Waals surface area contributed by atoms with Crippen molar-refractivity contribution in [1.82, 2.24) is 0 Å². The highest BCUT2D eigenvalue weighted by Gasteiger charge is 2.54. The molecule has 2 aliphatic rings. The molecule has 0 aromatic rings. The van der Waals surface area contributed by atoms with Gasteiger partial charge in [0.05, 0.1) is 5.60 Å². The summed E-state index contributed by atoms with van der Waals surface area (Å²) in [5.41, 5.74) is 0.271. The van der Waals surface area contributed by atoms with Gasteiger partial charge in [0.25, 0.3) is 0 Å². The Balaban J connectivity index is 2.11. The Morgan fingerprint density at radius 1 is 0.889 bits per heavy atom. The number of aliphatic hydroxyl groups is 1. The van der Waals surface area contributed by atoms with E-state index in [-0.39, 0.29) is 5.60 Å². The van der Waals surface area contributed by atoms with E-state index in [4.69, 9.17) is 8.85 Å². The van der Waals surface area contributed by atoms with E-state index in [2.05, 4.69) is 69.2 Å². The summed E-state index contributed by atoms with van der Waals surface area (Å²) in [5, 5.41) is 10.6. The van der Waals surface area contributed by atoms with Crippen LogP contribution in [-0.4, -0.2) is 40.1 Å². The quantitative estimate of drug-likeness (QED) is 0.198. The highest BCUT2D eigenvalue weighted by atomic mass is 28.4. The third kappa shape index (κ3) is 7.09. The molecule has 0 spiro atoms. The summed E-state index contributed by atoms with van der Waals surface area (Å²) in [6, 6.07) is 7.36. The molecule has 2 saturated carbocycles. The van der Waals surface area contributed by atoms with Gasteiger partial charge in [0.2, 0.25) is 0 Å². The molecule has 0 aliphatic heterocycles. The van der Waals surface area contributed by atoms with Crippen LogP contribution in [0.5, 0.6) is 0 Å². The Hall–Kier alpha value is 0.314. The Morgan fingerprint density at radius 3 is 1.94 bits per heavy atom. The molecular weight excluding hydrogens is 477 g/mol. The lowest BCUT2D eigenvalue weighted by molar-refractivity contribution is -0.0320. The van der Waals surface area contributed by atoms with Crippen LogP contribution in [0.15, 0.2) is 0 Å². The van der Waals surface area contributed by atoms with Crippen LogP contribution < -0.4 is 0 Å². The molecule has 2 fully saturated rings. The van der Waals surface area contributed by atoms with Crippen LogP contribution in [0, 0.1) is 29.1 Å². The van der Waals surface area contributed by atoms with Gasteiger partial charge in [-0.05, 0) is 118 Å². The summed E-state index contributed by atoms with van der Waals surface area (Å²) < 4.78 is 14.1. The van der Waals surface area contributed by atoms with Gasteiger partial charge in [-0.3, -0.25) is 0 Å². The van der Waals surface area contributed by atoms with Crippen LogP contribution in [0.4, 0.5) is 0 Å². The number of aliphatic hydroxyl groups excluding tert-OH is 1. The maximum Gasteiger partial charge on any atom is 0.192 e. The molecule has 5 heteroatoms. The summed E-state index contributed by atoms with van der Waals surface area (Å²) in [7, 11) is -3.22. The van der Waals surface area contributed by atoms with Crippen molar-refractivity contribution in [2.45, 2.75) is 162 Å². The largest absolute Gasteiger partial charge is 0.414 e. The minimum absolute atomic E-state index is 0.0955. The zero-order chi connectivity index (χ0) is 27.2. The fraction of sp³-hybridized carbons (Fsp3) is 1.00. The van der Waals surface area contributed by atoms with Crippen LogP contribution in [0.25, 0.3) is 0 Å². The molecule has 0 radical (unpaired) electrons. The van der Waals surface area contributed by atoms with E-state index in [0.29, 0.717) is 41.8 Å². The number of hydrogen-bond donors (Lipinski definition) is 1. The van der Waals surface area contributed by atoms with Gasteiger partial charge in [0.15, 0.2) is 16.6 Å². The second-order valence-electron chi connectivity index (χ2n) is 13.5. The van der Waals surface area contributed by atoms with E-state index in [1.807, 2.05) is 0 Å². The predicted octanol–water partition coefficient (Wildman–Crippen LogP) is 9.42. The number of rotatable bonds is 16. The van der Waals surface area contributed by atoms with E-state index in [0.717, 1.165) is 12.8 Å². The maximum absolute atomic E-state index is 10.6. The lowest BCUT2D eigenvalue weighted by Crippen LogP contribution is -2.49. The topological polar surface area (TPSA) is 38.7 Å². The first-order valence-corrected chi connectivity index (χ1v) is 21.0. The molecule has 0 amide bonds. The summed E-state index contributed by atoms with van der Waals surface area (Å²) in [6.45, 7) is 24.0. The Labute approximate surface area is 228 Å². The molecule has 0 bridgehead atoms. The van der Waals surface area contributed by atoms with Crippen LogP contribution in [0.2, 0.25) is 36.3 Å². The third-order valence-electron chi connectivity index (χ3n) is 11.6. The minimum Gasteiger partial charge on any atom is -0.414 e. The monoisotopic (exact) mass is 540 g/mol. The highest BCUT2D eigenvalue weighted by Crippen LogP contribution is 2.60. The molecule has 6 atom stereocenters. The predicted molar refractivity (Wildman–Crippen MR) is 162 cm³/mol. The van der Waals surface area contributed by atoms with Gasteiger partial charge in [0, 0.05) is 12.7 Å². The van der Waals surface area contributed by atoms with E-state index in [1.165, 1.54) is 68.4 Å². The van der Waals surface area contributed by atoms with Crippen molar-refractivity contribution in [1.29, 1.82) is 0 Å². The smallest absolute Gasteiger partial charge is 0.192 e. The van der Waals surface area contributed by atoms with Crippen LogP contribution >= 0.6 is 0 Å². The Bertz CT molecular complexity index is 629. The van der Waals surface area contributed by atoms with Gasteiger partial charge in [-0.15, -0.1) is 0 Å². The first-order chi connectivity index (χ1) is 16.9. The molecule has 0 heterocycles. The second-order valence-corrected chi connectivity index (χ2v) is 22.9. The molecule has 2 rings (SSSR count). The number of fused-ring (bicyclic) bond motifs is 1. The van der Waals surface area contributed by atoms with Crippen molar-refractivity contribution in [2.24, 2.45) is 29.1 Å². The summed E-state index contributed by atoms with van der Waals surface area (Å²) in [4.78, 5) is 0. The van der Waals surface area contributed by atoms with Gasteiger partial charge in [-0.1, -0.05) is 61.8 Å². The lowest BCUT2D eigenvalue weighted by Gasteiger charge is -2.49. The van der Waals surface area contributed by atoms with Crippen molar-refractivity contribution < 1.29 is 14.0 Å². The summed E-state index contributed by atoms with van der Waals surface area (Å²) in [6.07, 6.45) is 9.15. The summed E-state index contributed by atoms with van der Waals surface area (Å²) in [5.74, 6) is 2.33. The van der Waals surface area contributed by atoms with Crippen molar-refractivity contribution in [3.63, 3.8) is 0 Å². The molecule has 0 aromatic heterocycles. The van der Waals surface area contributed by atoms with Crippen LogP contribution in [0.1, 0.15) is 114 Å². The standard InChI is InChI=1S/C31H64O3Si2/c1-11-35(12-2,13-3)33-29-18-17-22-31(10)27(19-20-28(29)31)25(7)26(24-32)21-23-30(8,9)34-36(14-4,15-5)16-6/h25-29,32H,11-24H2,1-10H3/t25-,26?,27?,28?,29+,31-/m1/s1. The van der Waals surface area contributed by atoms with Crippen LogP contribution in [0.3, 0.4) is 0 Å². The normalized spacial score (nSPS) is 29.2. The highest BCUT2D eigenvalue weighted by molar-refractivity contribution is 6.74. The molecule has 1 N–H and O–H groups in total. The molecular formula is C31H64O3Si2. The maximum atomic E-state index is 10.6. The van der Waals surface area contributed by atoms with E-state index in [9.17, 15) is 5.11 Å². The molecule has 3 nitrogen and oxygen atoms in total. The molecule has 2 aliphatic carbocycles. The second kappa shape index (κ2) is 13.6. The van der Waals surface area contributed by atoms with Gasteiger partial charge >= 0.3 is 0 Å². The van der Waals surface area contributed by atoms with Crippen molar-refractivity contribution >= 4 is 16.6 Å². The fourth-order valence-electron chi connectivity index (χ4n) is 8.47. The zero-order valence-electron chi connectivity index (χ0n) is 26.0. The lowest BCUT2D eigenvalue weighted by atomic mass is 9.60. The van der Waals surface area contributed by atoms with Crippen molar-refractivity contribution in [2.75, 3.05) is 6.61 Å². The average molecular weight is 541 g/mol. The minimum atomic E-state index is -1.63. The number of hydrogen-bond acceptors (Lipinski definition) is 3. The van der Waals surface area contributed by atoms with Gasteiger partial charge < -0.3 is 14.0 Å². The Kier molecular flexibility index (Phi) is 12.3. The van der Waals surface area contributed by atoms with Crippen molar-refractivity contribution in [3.05, 3.63) is 0 Å². The van der Waals surface area contributed by atoms with Crippen LogP contribution in [-0.2, 0) is 8.85 Å². The van der Waals surface area contributed by atoms with Gasteiger partial charge in [0.1, 0.15) is 0 Å². The SMILES string of the molecule is CC[Si](CC)(CC)O[C@H]1CCC[C@]2(C)C([C@H](C)C(CO)CCC(C)(C)O[Si](CC)(CC)CC)CCC12. The molecule has 0 aromatic carbocycles. The van der Waals surface area contributed by atoms with Gasteiger partial charge in [-0.25, -0.2) is 0 Å². The average Bonchev–Trinajstić information content (AvgIpc) is 3.24. The molecule has 36 heavy (non-hydrogen) atoms. The Morgan fingerprint density at radius 2 is 1.44 bits per heavy atom. The zero-order valence-corrected chi connectivity index (χ0v) is 28.0. The first kappa shape index (κ1) is 32.5. The van der Waals surface area contributed by atoms with Crippen molar-refractivity contribution in [3.8, 4) is 0 Å².